The molecule has 1 unspecified atom stereocenters. The molecule has 16 heavy (non-hydrogen) atoms. The fourth-order valence-electron chi connectivity index (χ4n) is 2.09. The van der Waals surface area contributed by atoms with Crippen molar-refractivity contribution in [3.8, 4) is 0 Å². The smallest absolute Gasteiger partial charge is 0.229 e. The zero-order valence-electron chi connectivity index (χ0n) is 9.40. The lowest BCUT2D eigenvalue weighted by Gasteiger charge is -2.34. The Kier molecular flexibility index (Phi) is 2.68. The number of carbonyl (C=O) groups is 1. The monoisotopic (exact) mass is 238 g/mol. The molecule has 0 bridgehead atoms. The molecule has 4 heteroatoms. The van der Waals surface area contributed by atoms with Gasteiger partial charge in [-0.05, 0) is 26.0 Å². The van der Waals surface area contributed by atoms with Crippen molar-refractivity contribution in [2.24, 2.45) is 5.73 Å². The van der Waals surface area contributed by atoms with Gasteiger partial charge in [-0.1, -0.05) is 23.7 Å². The Morgan fingerprint density at radius 3 is 2.56 bits per heavy atom. The highest BCUT2D eigenvalue weighted by Crippen LogP contribution is 2.37. The van der Waals surface area contributed by atoms with Crippen LogP contribution in [0.5, 0.6) is 0 Å². The van der Waals surface area contributed by atoms with Gasteiger partial charge >= 0.3 is 0 Å². The zero-order valence-corrected chi connectivity index (χ0v) is 10.2. The number of halogens is 1. The first-order valence-corrected chi connectivity index (χ1v) is 5.65. The molecule has 0 aliphatic carbocycles. The van der Waals surface area contributed by atoms with Crippen molar-refractivity contribution in [3.63, 3.8) is 0 Å². The Labute approximate surface area is 100 Å². The molecule has 1 fully saturated rings. The van der Waals surface area contributed by atoms with E-state index in [4.69, 9.17) is 17.3 Å². The molecule has 86 valence electrons. The Morgan fingerprint density at radius 2 is 2.06 bits per heavy atom. The zero-order chi connectivity index (χ0) is 11.9. The van der Waals surface area contributed by atoms with Crippen LogP contribution >= 0.6 is 11.6 Å². The van der Waals surface area contributed by atoms with Crippen LogP contribution in [-0.4, -0.2) is 17.5 Å². The molecular weight excluding hydrogens is 224 g/mol. The van der Waals surface area contributed by atoms with Crippen molar-refractivity contribution in [2.75, 3.05) is 4.90 Å². The molecule has 1 aromatic rings. The molecule has 0 radical (unpaired) electrons. The first-order chi connectivity index (χ1) is 7.44. The molecule has 2 N–H and O–H groups in total. The third-order valence-corrected chi connectivity index (χ3v) is 3.54. The lowest BCUT2D eigenvalue weighted by Crippen LogP contribution is -2.49. The standard InChI is InChI=1S/C12H15ClN2O/c1-12(2)10(14)7-11(16)15(12)9-6-4-3-5-8(9)13/h3-6,10H,7,14H2,1-2H3. The Bertz CT molecular complexity index is 431. The van der Waals surface area contributed by atoms with Gasteiger partial charge in [-0.15, -0.1) is 0 Å². The van der Waals surface area contributed by atoms with Gasteiger partial charge in [0.2, 0.25) is 5.91 Å². The molecule has 3 nitrogen and oxygen atoms in total. The maximum absolute atomic E-state index is 11.9. The minimum Gasteiger partial charge on any atom is -0.325 e. The van der Waals surface area contributed by atoms with Gasteiger partial charge in [0.15, 0.2) is 0 Å². The summed E-state index contributed by atoms with van der Waals surface area (Å²) in [6.07, 6.45) is 0.373. The van der Waals surface area contributed by atoms with Crippen molar-refractivity contribution < 1.29 is 4.79 Å². The van der Waals surface area contributed by atoms with E-state index in [-0.39, 0.29) is 17.5 Å². The number of benzene rings is 1. The molecule has 0 saturated carbocycles. The van der Waals surface area contributed by atoms with E-state index in [1.54, 1.807) is 11.0 Å². The summed E-state index contributed by atoms with van der Waals surface area (Å²) < 4.78 is 0. The van der Waals surface area contributed by atoms with Crippen LogP contribution in [0.1, 0.15) is 20.3 Å². The largest absolute Gasteiger partial charge is 0.325 e. The minimum atomic E-state index is -0.387. The van der Waals surface area contributed by atoms with Crippen LogP contribution in [0.25, 0.3) is 0 Å². The van der Waals surface area contributed by atoms with E-state index in [2.05, 4.69) is 0 Å². The lowest BCUT2D eigenvalue weighted by molar-refractivity contribution is -0.117. The topological polar surface area (TPSA) is 46.3 Å². The average Bonchev–Trinajstić information content (AvgIpc) is 2.39. The van der Waals surface area contributed by atoms with Crippen molar-refractivity contribution in [1.82, 2.24) is 0 Å². The molecule has 1 aliphatic heterocycles. The van der Waals surface area contributed by atoms with Crippen LogP contribution in [0.3, 0.4) is 0 Å². The third kappa shape index (κ3) is 1.60. The van der Waals surface area contributed by atoms with Crippen LogP contribution in [0, 0.1) is 0 Å². The number of hydrogen-bond donors (Lipinski definition) is 1. The Balaban J connectivity index is 2.48. The normalized spacial score (nSPS) is 23.9. The number of rotatable bonds is 1. The molecule has 1 atom stereocenters. The van der Waals surface area contributed by atoms with Gasteiger partial charge in [0.1, 0.15) is 0 Å². The molecule has 1 aliphatic rings. The van der Waals surface area contributed by atoms with Crippen molar-refractivity contribution in [1.29, 1.82) is 0 Å². The summed E-state index contributed by atoms with van der Waals surface area (Å²) in [7, 11) is 0. The van der Waals surface area contributed by atoms with Crippen LogP contribution in [0.2, 0.25) is 5.02 Å². The number of anilines is 1. The second kappa shape index (κ2) is 3.75. The summed E-state index contributed by atoms with van der Waals surface area (Å²) in [6, 6.07) is 7.19. The summed E-state index contributed by atoms with van der Waals surface area (Å²) in [4.78, 5) is 13.6. The highest BCUT2D eigenvalue weighted by molar-refractivity contribution is 6.34. The van der Waals surface area contributed by atoms with Crippen LogP contribution < -0.4 is 10.6 Å². The fourth-order valence-corrected chi connectivity index (χ4v) is 2.31. The van der Waals surface area contributed by atoms with Gasteiger partial charge in [-0.2, -0.15) is 0 Å². The van der Waals surface area contributed by atoms with E-state index in [1.807, 2.05) is 32.0 Å². The molecule has 2 rings (SSSR count). The number of carbonyl (C=O) groups excluding carboxylic acids is 1. The summed E-state index contributed by atoms with van der Waals surface area (Å²) in [5.74, 6) is 0.0330. The van der Waals surface area contributed by atoms with Gasteiger partial charge in [0, 0.05) is 12.5 Å². The summed E-state index contributed by atoms with van der Waals surface area (Å²) in [5, 5.41) is 0.582. The molecule has 1 amide bonds. The highest BCUT2D eigenvalue weighted by Gasteiger charge is 2.45. The van der Waals surface area contributed by atoms with Gasteiger partial charge in [0.25, 0.3) is 0 Å². The predicted molar refractivity (Wildman–Crippen MR) is 65.6 cm³/mol. The van der Waals surface area contributed by atoms with E-state index in [0.29, 0.717) is 11.4 Å². The van der Waals surface area contributed by atoms with E-state index in [0.717, 1.165) is 5.69 Å². The quantitative estimate of drug-likeness (QED) is 0.815. The predicted octanol–water partition coefficient (Wildman–Crippen LogP) is 2.18. The van der Waals surface area contributed by atoms with Crippen LogP contribution in [0.15, 0.2) is 24.3 Å². The summed E-state index contributed by atoms with van der Waals surface area (Å²) in [5.41, 5.74) is 6.33. The number of amides is 1. The van der Waals surface area contributed by atoms with Gasteiger partial charge in [-0.3, -0.25) is 4.79 Å². The molecule has 1 heterocycles. The SMILES string of the molecule is CC1(C)C(N)CC(=O)N1c1ccccc1Cl. The summed E-state index contributed by atoms with van der Waals surface area (Å²) >= 11 is 6.11. The fraction of sp³-hybridized carbons (Fsp3) is 0.417. The second-order valence-electron chi connectivity index (χ2n) is 4.64. The van der Waals surface area contributed by atoms with Crippen molar-refractivity contribution in [2.45, 2.75) is 31.8 Å². The van der Waals surface area contributed by atoms with Gasteiger partial charge < -0.3 is 10.6 Å². The number of para-hydroxylation sites is 1. The first kappa shape index (κ1) is 11.4. The first-order valence-electron chi connectivity index (χ1n) is 5.28. The molecule has 1 aromatic carbocycles. The van der Waals surface area contributed by atoms with Crippen LogP contribution in [0.4, 0.5) is 5.69 Å². The van der Waals surface area contributed by atoms with E-state index in [9.17, 15) is 4.79 Å². The highest BCUT2D eigenvalue weighted by atomic mass is 35.5. The second-order valence-corrected chi connectivity index (χ2v) is 5.05. The summed E-state index contributed by atoms with van der Waals surface area (Å²) in [6.45, 7) is 3.93. The van der Waals surface area contributed by atoms with Gasteiger partial charge in [0.05, 0.1) is 16.2 Å². The van der Waals surface area contributed by atoms with E-state index >= 15 is 0 Å². The molecule has 1 saturated heterocycles. The number of nitrogens with zero attached hydrogens (tertiary/aromatic N) is 1. The number of hydrogen-bond acceptors (Lipinski definition) is 2. The maximum Gasteiger partial charge on any atom is 0.229 e. The molecular formula is C12H15ClN2O. The Hall–Kier alpha value is -1.06. The third-order valence-electron chi connectivity index (χ3n) is 3.22. The number of nitrogens with two attached hydrogens (primary N) is 1. The lowest BCUT2D eigenvalue weighted by atomic mass is 9.96. The molecule has 0 aromatic heterocycles. The Morgan fingerprint density at radius 1 is 1.44 bits per heavy atom. The minimum absolute atomic E-state index is 0.0330. The van der Waals surface area contributed by atoms with Gasteiger partial charge in [-0.25, -0.2) is 0 Å². The van der Waals surface area contributed by atoms with Crippen LogP contribution in [-0.2, 0) is 4.79 Å². The molecule has 0 spiro atoms. The average molecular weight is 239 g/mol. The van der Waals surface area contributed by atoms with Crippen molar-refractivity contribution >= 4 is 23.2 Å². The van der Waals surface area contributed by atoms with E-state index < -0.39 is 0 Å². The maximum atomic E-state index is 11.9. The van der Waals surface area contributed by atoms with E-state index in [1.165, 1.54) is 0 Å². The van der Waals surface area contributed by atoms with Crippen molar-refractivity contribution in [3.05, 3.63) is 29.3 Å².